The van der Waals surface area contributed by atoms with Crippen LogP contribution in [-0.2, 0) is 0 Å². The van der Waals surface area contributed by atoms with Gasteiger partial charge in [0.1, 0.15) is 13.1 Å². The molecule has 0 radical (unpaired) electrons. The third-order valence-corrected chi connectivity index (χ3v) is 1.96. The van der Waals surface area contributed by atoms with Crippen LogP contribution in [0.3, 0.4) is 0 Å². The first-order valence-electron chi connectivity index (χ1n) is 3.95. The summed E-state index contributed by atoms with van der Waals surface area (Å²) in [6, 6.07) is 0. The zero-order valence-corrected chi connectivity index (χ0v) is 7.19. The van der Waals surface area contributed by atoms with Crippen LogP contribution >= 0.6 is 0 Å². The van der Waals surface area contributed by atoms with Gasteiger partial charge in [0.15, 0.2) is 0 Å². The Morgan fingerprint density at radius 2 is 2.00 bits per heavy atom. The first-order chi connectivity index (χ1) is 5.14. The number of rotatable bonds is 1. The highest BCUT2D eigenvalue weighted by atomic mass is 16.5. The van der Waals surface area contributed by atoms with Gasteiger partial charge in [-0.2, -0.15) is 9.75 Å². The number of hydrogen-bond donors (Lipinski definition) is 1. The van der Waals surface area contributed by atoms with E-state index < -0.39 is 0 Å². The van der Waals surface area contributed by atoms with E-state index in [2.05, 4.69) is 5.10 Å². The summed E-state index contributed by atoms with van der Waals surface area (Å²) in [5, 5.41) is 15.6. The molecule has 0 atom stereocenters. The summed E-state index contributed by atoms with van der Waals surface area (Å²) in [6.45, 7) is 5.12. The third-order valence-electron chi connectivity index (χ3n) is 1.96. The van der Waals surface area contributed by atoms with Crippen molar-refractivity contribution in [2.75, 3.05) is 33.2 Å². The molecule has 0 spiro atoms. The molecule has 0 aromatic carbocycles. The first kappa shape index (κ1) is 8.49. The molecule has 11 heavy (non-hydrogen) atoms. The lowest BCUT2D eigenvalue weighted by Crippen LogP contribution is -2.53. The van der Waals surface area contributed by atoms with Crippen molar-refractivity contribution in [2.45, 2.75) is 6.92 Å². The van der Waals surface area contributed by atoms with E-state index in [1.54, 1.807) is 6.21 Å². The van der Waals surface area contributed by atoms with Crippen molar-refractivity contribution in [3.05, 3.63) is 0 Å². The normalized spacial score (nSPS) is 24.5. The molecule has 0 aliphatic carbocycles. The quantitative estimate of drug-likeness (QED) is 0.435. The Kier molecular flexibility index (Phi) is 2.46. The minimum absolute atomic E-state index is 0.135. The van der Waals surface area contributed by atoms with Crippen LogP contribution in [0, 0.1) is 0 Å². The van der Waals surface area contributed by atoms with E-state index in [4.69, 9.17) is 0 Å². The summed E-state index contributed by atoms with van der Waals surface area (Å²) in [7, 11) is 1.83. The van der Waals surface area contributed by atoms with E-state index in [-0.39, 0.29) is 4.65 Å². The smallest absolute Gasteiger partial charge is 0.128 e. The van der Waals surface area contributed by atoms with Crippen molar-refractivity contribution >= 4 is 6.21 Å². The Morgan fingerprint density at radius 3 is 2.45 bits per heavy atom. The molecule has 0 unspecified atom stereocenters. The maximum absolute atomic E-state index is 9.52. The van der Waals surface area contributed by atoms with Gasteiger partial charge >= 0.3 is 0 Å². The highest BCUT2D eigenvalue weighted by molar-refractivity contribution is 5.52. The Morgan fingerprint density at radius 1 is 1.45 bits per heavy atom. The Labute approximate surface area is 67.3 Å². The zero-order chi connectivity index (χ0) is 8.32. The lowest BCUT2D eigenvalue weighted by Gasteiger charge is -2.34. The predicted molar refractivity (Wildman–Crippen MR) is 43.4 cm³/mol. The number of hydroxylamine groups is 3. The molecular weight excluding hydrogens is 142 g/mol. The van der Waals surface area contributed by atoms with Gasteiger partial charge in [-0.15, -0.1) is 0 Å². The average Bonchev–Trinajstić information content (AvgIpc) is 1.94. The average molecular weight is 158 g/mol. The maximum atomic E-state index is 9.52. The molecule has 4 nitrogen and oxygen atoms in total. The minimum Gasteiger partial charge on any atom is -0.286 e. The molecule has 1 heterocycles. The predicted octanol–water partition coefficient (Wildman–Crippen LogP) is 0.143. The van der Waals surface area contributed by atoms with Gasteiger partial charge in [-0.05, 0) is 6.92 Å². The summed E-state index contributed by atoms with van der Waals surface area (Å²) in [5.74, 6) is 0. The van der Waals surface area contributed by atoms with Crippen LogP contribution in [0.2, 0.25) is 0 Å². The van der Waals surface area contributed by atoms with Crippen LogP contribution in [0.15, 0.2) is 5.10 Å². The topological polar surface area (TPSA) is 35.8 Å². The Hall–Kier alpha value is -0.610. The molecule has 1 aliphatic rings. The molecule has 1 rings (SSSR count). The van der Waals surface area contributed by atoms with Crippen LogP contribution in [0.25, 0.3) is 0 Å². The minimum atomic E-state index is 0.135. The molecule has 0 aromatic heterocycles. The molecule has 1 fully saturated rings. The summed E-state index contributed by atoms with van der Waals surface area (Å²) in [6.07, 6.45) is 1.78. The van der Waals surface area contributed by atoms with Crippen molar-refractivity contribution in [3.8, 4) is 0 Å². The number of hydrogen-bond acceptors (Lipinski definition) is 3. The molecule has 1 aliphatic heterocycles. The van der Waals surface area contributed by atoms with Crippen LogP contribution in [0.4, 0.5) is 0 Å². The molecular formula is C7H16N3O+. The van der Waals surface area contributed by atoms with E-state index in [1.165, 1.54) is 0 Å². The Balaban J connectivity index is 2.36. The monoisotopic (exact) mass is 158 g/mol. The van der Waals surface area contributed by atoms with Crippen LogP contribution in [0.5, 0.6) is 0 Å². The van der Waals surface area contributed by atoms with Crippen molar-refractivity contribution in [1.29, 1.82) is 0 Å². The van der Waals surface area contributed by atoms with Gasteiger partial charge in [0.25, 0.3) is 0 Å². The Bertz CT molecular complexity index is 146. The van der Waals surface area contributed by atoms with Gasteiger partial charge in [0.05, 0.1) is 20.1 Å². The largest absolute Gasteiger partial charge is 0.286 e. The fourth-order valence-electron chi connectivity index (χ4n) is 1.16. The molecule has 0 amide bonds. The highest BCUT2D eigenvalue weighted by Gasteiger charge is 2.25. The second-order valence-corrected chi connectivity index (χ2v) is 3.11. The lowest BCUT2D eigenvalue weighted by atomic mass is 10.4. The molecule has 0 bridgehead atoms. The summed E-state index contributed by atoms with van der Waals surface area (Å²) < 4.78 is 0.135. The fraction of sp³-hybridized carbons (Fsp3) is 0.857. The van der Waals surface area contributed by atoms with Crippen molar-refractivity contribution < 1.29 is 9.85 Å². The zero-order valence-electron chi connectivity index (χ0n) is 7.19. The second-order valence-electron chi connectivity index (χ2n) is 3.11. The molecule has 1 saturated heterocycles. The van der Waals surface area contributed by atoms with Gasteiger partial charge in [-0.25, -0.2) is 5.21 Å². The number of piperazine rings is 1. The standard InChI is InChI=1S/C7H16N3O/c1-3-8-9-4-6-10(2,11)7-5-9/h3,11H,4-7H2,1-2H3/q+1/b8-3+. The fourth-order valence-corrected chi connectivity index (χ4v) is 1.16. The van der Waals surface area contributed by atoms with Crippen LogP contribution in [-0.4, -0.2) is 54.3 Å². The molecule has 1 N–H and O–H groups in total. The van der Waals surface area contributed by atoms with Gasteiger partial charge in [0.2, 0.25) is 0 Å². The van der Waals surface area contributed by atoms with E-state index in [0.717, 1.165) is 26.2 Å². The SMILES string of the molecule is C/C=N/N1CC[N+](C)(O)CC1. The number of hydrazone groups is 1. The third kappa shape index (κ3) is 2.48. The van der Waals surface area contributed by atoms with Crippen LogP contribution in [0.1, 0.15) is 6.92 Å². The molecule has 0 saturated carbocycles. The highest BCUT2D eigenvalue weighted by Crippen LogP contribution is 2.05. The molecule has 4 heteroatoms. The number of likely N-dealkylation sites (N-methyl/N-ethyl adjacent to an activating group) is 1. The van der Waals surface area contributed by atoms with Gasteiger partial charge < -0.3 is 0 Å². The molecule has 64 valence electrons. The van der Waals surface area contributed by atoms with Gasteiger partial charge in [0, 0.05) is 6.21 Å². The van der Waals surface area contributed by atoms with Gasteiger partial charge in [-0.1, -0.05) is 0 Å². The number of quaternary nitrogens is 1. The second kappa shape index (κ2) is 3.19. The number of nitrogens with zero attached hydrogens (tertiary/aromatic N) is 3. The van der Waals surface area contributed by atoms with Crippen molar-refractivity contribution in [1.82, 2.24) is 5.01 Å². The summed E-state index contributed by atoms with van der Waals surface area (Å²) in [5.41, 5.74) is 0. The lowest BCUT2D eigenvalue weighted by molar-refractivity contribution is -1.09. The summed E-state index contributed by atoms with van der Waals surface area (Å²) >= 11 is 0. The van der Waals surface area contributed by atoms with Crippen LogP contribution < -0.4 is 0 Å². The van der Waals surface area contributed by atoms with Crippen molar-refractivity contribution in [2.24, 2.45) is 5.10 Å². The first-order valence-corrected chi connectivity index (χ1v) is 3.95. The van der Waals surface area contributed by atoms with E-state index in [1.807, 2.05) is 19.0 Å². The molecule has 0 aromatic rings. The van der Waals surface area contributed by atoms with E-state index in [9.17, 15) is 5.21 Å². The van der Waals surface area contributed by atoms with E-state index >= 15 is 0 Å². The van der Waals surface area contributed by atoms with Crippen molar-refractivity contribution in [3.63, 3.8) is 0 Å². The van der Waals surface area contributed by atoms with E-state index in [0.29, 0.717) is 0 Å². The summed E-state index contributed by atoms with van der Waals surface area (Å²) in [4.78, 5) is 0. The van der Waals surface area contributed by atoms with Gasteiger partial charge in [-0.3, -0.25) is 5.01 Å². The maximum Gasteiger partial charge on any atom is 0.128 e.